The van der Waals surface area contributed by atoms with Crippen LogP contribution in [0.2, 0.25) is 0 Å². The molecule has 0 saturated carbocycles. The fourth-order valence-electron chi connectivity index (χ4n) is 1.85. The van der Waals surface area contributed by atoms with E-state index < -0.39 is 11.4 Å². The van der Waals surface area contributed by atoms with Crippen molar-refractivity contribution in [3.05, 3.63) is 0 Å². The lowest BCUT2D eigenvalue weighted by atomic mass is 9.87. The number of hydrogen-bond donors (Lipinski definition) is 0. The van der Waals surface area contributed by atoms with Gasteiger partial charge in [-0.25, -0.2) is 0 Å². The largest absolute Gasteiger partial charge is 0.465 e. The molecule has 18 heavy (non-hydrogen) atoms. The maximum Gasteiger partial charge on any atom is 0.319 e. The summed E-state index contributed by atoms with van der Waals surface area (Å²) < 4.78 is 10.2. The molecule has 0 spiro atoms. The minimum atomic E-state index is -1.08. The van der Waals surface area contributed by atoms with Crippen molar-refractivity contribution in [1.82, 2.24) is 4.90 Å². The Balaban J connectivity index is 2.54. The zero-order valence-electron chi connectivity index (χ0n) is 11.7. The lowest BCUT2D eigenvalue weighted by Gasteiger charge is -2.27. The number of ether oxygens (including phenoxy) is 2. The van der Waals surface area contributed by atoms with Gasteiger partial charge in [0, 0.05) is 12.6 Å². The van der Waals surface area contributed by atoms with Crippen LogP contribution >= 0.6 is 0 Å². The number of likely N-dealkylation sites (N-methyl/N-ethyl adjacent to an activating group) is 1. The Bertz CT molecular complexity index is 308. The second-order valence-electron chi connectivity index (χ2n) is 5.20. The Hall–Kier alpha value is -0.940. The summed E-state index contributed by atoms with van der Waals surface area (Å²) in [7, 11) is 1.89. The number of rotatable bonds is 6. The molecule has 5 heteroatoms. The van der Waals surface area contributed by atoms with E-state index in [9.17, 15) is 9.59 Å². The SMILES string of the molecule is CCOC(=O)C(C)(C)C(=O)CN(C)C1CCOC1. The summed E-state index contributed by atoms with van der Waals surface area (Å²) in [6.07, 6.45) is 0.934. The minimum Gasteiger partial charge on any atom is -0.465 e. The van der Waals surface area contributed by atoms with E-state index in [2.05, 4.69) is 0 Å². The van der Waals surface area contributed by atoms with Gasteiger partial charge < -0.3 is 9.47 Å². The molecule has 0 bridgehead atoms. The van der Waals surface area contributed by atoms with Crippen LogP contribution in [0.5, 0.6) is 0 Å². The molecule has 1 rings (SSSR count). The maximum absolute atomic E-state index is 12.2. The van der Waals surface area contributed by atoms with E-state index in [-0.39, 0.29) is 18.4 Å². The van der Waals surface area contributed by atoms with Crippen LogP contribution < -0.4 is 0 Å². The van der Waals surface area contributed by atoms with Crippen molar-refractivity contribution in [2.75, 3.05) is 33.4 Å². The number of carbonyl (C=O) groups is 2. The normalized spacial score (nSPS) is 20.2. The molecule has 1 saturated heterocycles. The summed E-state index contributed by atoms with van der Waals surface area (Å²) in [5.74, 6) is -0.568. The lowest BCUT2D eigenvalue weighted by molar-refractivity contribution is -0.158. The number of Topliss-reactive ketones (excluding diaryl/α,β-unsaturated/α-hetero) is 1. The van der Waals surface area contributed by atoms with Crippen molar-refractivity contribution in [2.45, 2.75) is 33.2 Å². The van der Waals surface area contributed by atoms with E-state index in [0.29, 0.717) is 13.2 Å². The van der Waals surface area contributed by atoms with Gasteiger partial charge in [-0.15, -0.1) is 0 Å². The first kappa shape index (κ1) is 15.1. The number of ketones is 1. The fourth-order valence-corrected chi connectivity index (χ4v) is 1.85. The van der Waals surface area contributed by atoms with Gasteiger partial charge in [-0.05, 0) is 34.2 Å². The summed E-state index contributed by atoms with van der Waals surface area (Å²) in [5.41, 5.74) is -1.08. The molecular formula is C13H23NO4. The second-order valence-corrected chi connectivity index (χ2v) is 5.20. The second kappa shape index (κ2) is 6.29. The first-order chi connectivity index (χ1) is 8.39. The standard InChI is InChI=1S/C13H23NO4/c1-5-18-12(16)13(2,3)11(15)8-14(4)10-6-7-17-9-10/h10H,5-9H2,1-4H3. The van der Waals surface area contributed by atoms with Gasteiger partial charge in [0.15, 0.2) is 5.78 Å². The topological polar surface area (TPSA) is 55.8 Å². The molecule has 5 nitrogen and oxygen atoms in total. The van der Waals surface area contributed by atoms with Crippen LogP contribution in [-0.2, 0) is 19.1 Å². The molecule has 0 aromatic carbocycles. The molecule has 1 heterocycles. The van der Waals surface area contributed by atoms with E-state index in [4.69, 9.17) is 9.47 Å². The van der Waals surface area contributed by atoms with Crippen LogP contribution in [0.25, 0.3) is 0 Å². The third-order valence-corrected chi connectivity index (χ3v) is 3.40. The number of nitrogens with zero attached hydrogens (tertiary/aromatic N) is 1. The Labute approximate surface area is 108 Å². The monoisotopic (exact) mass is 257 g/mol. The zero-order chi connectivity index (χ0) is 13.8. The molecule has 0 aromatic rings. The summed E-state index contributed by atoms with van der Waals surface area (Å²) in [4.78, 5) is 25.8. The highest BCUT2D eigenvalue weighted by Gasteiger charge is 2.38. The Morgan fingerprint density at radius 1 is 1.44 bits per heavy atom. The first-order valence-corrected chi connectivity index (χ1v) is 6.38. The predicted molar refractivity (Wildman–Crippen MR) is 67.3 cm³/mol. The molecule has 1 fully saturated rings. The zero-order valence-corrected chi connectivity index (χ0v) is 11.7. The molecular weight excluding hydrogens is 234 g/mol. The summed E-state index contributed by atoms with van der Waals surface area (Å²) in [5, 5.41) is 0. The third kappa shape index (κ3) is 3.53. The quantitative estimate of drug-likeness (QED) is 0.522. The van der Waals surface area contributed by atoms with Crippen LogP contribution in [0.15, 0.2) is 0 Å². The molecule has 1 unspecified atom stereocenters. The molecule has 1 atom stereocenters. The average molecular weight is 257 g/mol. The molecule has 1 aliphatic heterocycles. The van der Waals surface area contributed by atoms with Crippen molar-refractivity contribution in [1.29, 1.82) is 0 Å². The molecule has 0 amide bonds. The van der Waals surface area contributed by atoms with Gasteiger partial charge in [0.25, 0.3) is 0 Å². The molecule has 0 radical (unpaired) electrons. The van der Waals surface area contributed by atoms with Gasteiger partial charge in [-0.2, -0.15) is 0 Å². The van der Waals surface area contributed by atoms with E-state index in [1.54, 1.807) is 20.8 Å². The average Bonchev–Trinajstić information content (AvgIpc) is 2.82. The highest BCUT2D eigenvalue weighted by Crippen LogP contribution is 2.20. The van der Waals surface area contributed by atoms with E-state index in [1.807, 2.05) is 11.9 Å². The fraction of sp³-hybridized carbons (Fsp3) is 0.846. The summed E-state index contributed by atoms with van der Waals surface area (Å²) in [6.45, 7) is 6.91. The highest BCUT2D eigenvalue weighted by atomic mass is 16.5. The van der Waals surface area contributed by atoms with Crippen molar-refractivity contribution < 1.29 is 19.1 Å². The first-order valence-electron chi connectivity index (χ1n) is 6.38. The van der Waals surface area contributed by atoms with Gasteiger partial charge in [0.1, 0.15) is 5.41 Å². The van der Waals surface area contributed by atoms with Gasteiger partial charge >= 0.3 is 5.97 Å². The van der Waals surface area contributed by atoms with Crippen molar-refractivity contribution >= 4 is 11.8 Å². The number of carbonyl (C=O) groups excluding carboxylic acids is 2. The Kier molecular flexibility index (Phi) is 5.28. The van der Waals surface area contributed by atoms with E-state index in [0.717, 1.165) is 13.0 Å². The smallest absolute Gasteiger partial charge is 0.319 e. The maximum atomic E-state index is 12.2. The predicted octanol–water partition coefficient (Wildman–Crippen LogP) is 0.865. The van der Waals surface area contributed by atoms with Gasteiger partial charge in [0.2, 0.25) is 0 Å². The van der Waals surface area contributed by atoms with Gasteiger partial charge in [0.05, 0.1) is 19.8 Å². The van der Waals surface area contributed by atoms with Crippen molar-refractivity contribution in [3.63, 3.8) is 0 Å². The van der Waals surface area contributed by atoms with Crippen LogP contribution in [0.4, 0.5) is 0 Å². The van der Waals surface area contributed by atoms with Gasteiger partial charge in [-0.1, -0.05) is 0 Å². The highest BCUT2D eigenvalue weighted by molar-refractivity contribution is 6.03. The molecule has 0 aliphatic carbocycles. The van der Waals surface area contributed by atoms with E-state index in [1.165, 1.54) is 0 Å². The summed E-state index contributed by atoms with van der Waals surface area (Å²) in [6, 6.07) is 0.270. The molecule has 104 valence electrons. The summed E-state index contributed by atoms with van der Waals surface area (Å²) >= 11 is 0. The third-order valence-electron chi connectivity index (χ3n) is 3.40. The lowest BCUT2D eigenvalue weighted by Crippen LogP contribution is -2.44. The van der Waals surface area contributed by atoms with Gasteiger partial charge in [-0.3, -0.25) is 14.5 Å². The van der Waals surface area contributed by atoms with Crippen LogP contribution in [0, 0.1) is 5.41 Å². The van der Waals surface area contributed by atoms with E-state index >= 15 is 0 Å². The number of esters is 1. The van der Waals surface area contributed by atoms with Crippen LogP contribution in [-0.4, -0.2) is 56.1 Å². The molecule has 1 aliphatic rings. The Morgan fingerprint density at radius 2 is 2.11 bits per heavy atom. The Morgan fingerprint density at radius 3 is 2.61 bits per heavy atom. The van der Waals surface area contributed by atoms with Crippen molar-refractivity contribution in [2.24, 2.45) is 5.41 Å². The minimum absolute atomic E-state index is 0.115. The molecule has 0 aromatic heterocycles. The van der Waals surface area contributed by atoms with Crippen LogP contribution in [0.1, 0.15) is 27.2 Å². The molecule has 0 N–H and O–H groups in total. The number of hydrogen-bond acceptors (Lipinski definition) is 5. The van der Waals surface area contributed by atoms with Crippen LogP contribution in [0.3, 0.4) is 0 Å². The van der Waals surface area contributed by atoms with Crippen molar-refractivity contribution in [3.8, 4) is 0 Å².